The van der Waals surface area contributed by atoms with E-state index < -0.39 is 11.2 Å². The zero-order chi connectivity index (χ0) is 19.7. The maximum Gasteiger partial charge on any atom is 0.329 e. The molecule has 1 N–H and O–H groups in total. The maximum absolute atomic E-state index is 12.8. The summed E-state index contributed by atoms with van der Waals surface area (Å²) in [5.74, 6) is 0.269. The molecule has 1 amide bonds. The van der Waals surface area contributed by atoms with E-state index in [0.29, 0.717) is 29.4 Å². The second-order valence-corrected chi connectivity index (χ2v) is 8.14. The maximum atomic E-state index is 12.8. The Morgan fingerprint density at radius 1 is 1.14 bits per heavy atom. The highest BCUT2D eigenvalue weighted by Gasteiger charge is 2.34. The molecule has 0 aliphatic carbocycles. The van der Waals surface area contributed by atoms with Gasteiger partial charge in [0, 0.05) is 19.6 Å². The number of nitrogens with zero attached hydrogens (tertiary/aromatic N) is 3. The summed E-state index contributed by atoms with van der Waals surface area (Å²) in [7, 11) is 1.78. The van der Waals surface area contributed by atoms with Gasteiger partial charge in [-0.1, -0.05) is 18.6 Å². The van der Waals surface area contributed by atoms with Crippen molar-refractivity contribution in [3.63, 3.8) is 0 Å². The molecule has 7 nitrogen and oxygen atoms in total. The third-order valence-corrected chi connectivity index (χ3v) is 6.35. The van der Waals surface area contributed by atoms with Crippen LogP contribution in [0, 0.1) is 5.92 Å². The van der Waals surface area contributed by atoms with Crippen molar-refractivity contribution in [2.24, 2.45) is 5.92 Å². The van der Waals surface area contributed by atoms with Crippen LogP contribution in [0.4, 0.5) is 0 Å². The molecule has 2 fully saturated rings. The monoisotopic (exact) mass is 384 g/mol. The molecule has 2 aliphatic rings. The number of aromatic amines is 1. The summed E-state index contributed by atoms with van der Waals surface area (Å²) in [5.41, 5.74) is -0.465. The molecule has 0 bridgehead atoms. The summed E-state index contributed by atoms with van der Waals surface area (Å²) < 4.78 is 1.01. The zero-order valence-corrected chi connectivity index (χ0v) is 16.4. The van der Waals surface area contributed by atoms with E-state index in [4.69, 9.17) is 0 Å². The second-order valence-electron chi connectivity index (χ2n) is 8.14. The number of carbonyl (C=O) groups is 1. The first-order valence-corrected chi connectivity index (χ1v) is 10.2. The highest BCUT2D eigenvalue weighted by atomic mass is 16.2. The normalized spacial score (nSPS) is 22.8. The van der Waals surface area contributed by atoms with Crippen LogP contribution in [0.5, 0.6) is 0 Å². The topological polar surface area (TPSA) is 78.4 Å². The Morgan fingerprint density at radius 2 is 1.93 bits per heavy atom. The molecule has 1 aromatic heterocycles. The number of benzene rings is 1. The van der Waals surface area contributed by atoms with Crippen LogP contribution >= 0.6 is 0 Å². The molecular formula is C21H28N4O3. The van der Waals surface area contributed by atoms with E-state index in [1.165, 1.54) is 38.8 Å². The average molecular weight is 384 g/mol. The van der Waals surface area contributed by atoms with Crippen molar-refractivity contribution in [2.75, 3.05) is 26.7 Å². The quantitative estimate of drug-likeness (QED) is 0.865. The standard InChI is InChI=1S/C21H28N4O3/c1-23(13-15-7-6-12-24-11-5-4-10-18(15)24)19(26)14-25-20(27)16-8-2-3-9-17(16)22-21(25)28/h2-3,8-9,15,18H,4-7,10-14H2,1H3,(H,22,28). The largest absolute Gasteiger partial charge is 0.344 e. The predicted octanol–water partition coefficient (Wildman–Crippen LogP) is 1.41. The van der Waals surface area contributed by atoms with E-state index in [-0.39, 0.29) is 12.5 Å². The molecule has 2 atom stereocenters. The fraction of sp³-hybridized carbons (Fsp3) is 0.571. The van der Waals surface area contributed by atoms with Crippen LogP contribution in [0.1, 0.15) is 32.1 Å². The molecule has 2 unspecified atom stereocenters. The van der Waals surface area contributed by atoms with Crippen molar-refractivity contribution in [3.8, 4) is 0 Å². The first-order chi connectivity index (χ1) is 13.5. The minimum atomic E-state index is -0.540. The van der Waals surface area contributed by atoms with Crippen LogP contribution in [0.3, 0.4) is 0 Å². The highest BCUT2D eigenvalue weighted by molar-refractivity contribution is 5.78. The Balaban J connectivity index is 1.48. The van der Waals surface area contributed by atoms with Gasteiger partial charge in [-0.2, -0.15) is 0 Å². The molecule has 2 aliphatic heterocycles. The average Bonchev–Trinajstić information content (AvgIpc) is 2.71. The van der Waals surface area contributed by atoms with Gasteiger partial charge in [0.05, 0.1) is 10.9 Å². The van der Waals surface area contributed by atoms with Crippen LogP contribution in [-0.2, 0) is 11.3 Å². The van der Waals surface area contributed by atoms with Gasteiger partial charge in [-0.3, -0.25) is 14.2 Å². The Kier molecular flexibility index (Phi) is 5.35. The van der Waals surface area contributed by atoms with E-state index in [1.807, 2.05) is 0 Å². The second kappa shape index (κ2) is 7.91. The lowest BCUT2D eigenvalue weighted by Gasteiger charge is -2.45. The van der Waals surface area contributed by atoms with E-state index in [1.54, 1.807) is 36.2 Å². The van der Waals surface area contributed by atoms with Crippen molar-refractivity contribution in [1.29, 1.82) is 0 Å². The number of hydrogen-bond donors (Lipinski definition) is 1. The number of para-hydroxylation sites is 1. The molecule has 4 rings (SSSR count). The number of nitrogens with one attached hydrogen (secondary N) is 1. The lowest BCUT2D eigenvalue weighted by molar-refractivity contribution is -0.131. The number of H-pyrrole nitrogens is 1. The van der Waals surface area contributed by atoms with Crippen LogP contribution in [0.2, 0.25) is 0 Å². The molecule has 3 heterocycles. The lowest BCUT2D eigenvalue weighted by Crippen LogP contribution is -2.51. The molecule has 7 heteroatoms. The smallest absolute Gasteiger partial charge is 0.329 e. The third kappa shape index (κ3) is 3.63. The lowest BCUT2D eigenvalue weighted by atomic mass is 9.83. The fourth-order valence-corrected chi connectivity index (χ4v) is 4.84. The van der Waals surface area contributed by atoms with E-state index in [0.717, 1.165) is 11.0 Å². The molecule has 0 spiro atoms. The van der Waals surface area contributed by atoms with Crippen molar-refractivity contribution >= 4 is 16.8 Å². The molecule has 150 valence electrons. The van der Waals surface area contributed by atoms with Gasteiger partial charge < -0.3 is 14.8 Å². The van der Waals surface area contributed by atoms with Crippen molar-refractivity contribution in [3.05, 3.63) is 45.1 Å². The van der Waals surface area contributed by atoms with Crippen molar-refractivity contribution < 1.29 is 4.79 Å². The van der Waals surface area contributed by atoms with Gasteiger partial charge in [0.25, 0.3) is 5.56 Å². The Labute approximate surface area is 163 Å². The predicted molar refractivity (Wildman–Crippen MR) is 108 cm³/mol. The summed E-state index contributed by atoms with van der Waals surface area (Å²) in [4.78, 5) is 44.7. The summed E-state index contributed by atoms with van der Waals surface area (Å²) in [6.07, 6.45) is 6.04. The van der Waals surface area contributed by atoms with Gasteiger partial charge in [-0.25, -0.2) is 4.79 Å². The van der Waals surface area contributed by atoms with Gasteiger partial charge in [0.2, 0.25) is 5.91 Å². The molecule has 1 aromatic carbocycles. The fourth-order valence-electron chi connectivity index (χ4n) is 4.84. The number of carbonyl (C=O) groups excluding carboxylic acids is 1. The first kappa shape index (κ1) is 18.9. The Bertz CT molecular complexity index is 978. The number of rotatable bonds is 4. The van der Waals surface area contributed by atoms with E-state index in [2.05, 4.69) is 9.88 Å². The molecule has 2 saturated heterocycles. The SMILES string of the molecule is CN(CC1CCCN2CCCCC12)C(=O)Cn1c(=O)[nH]c2ccccc2c1=O. The number of hydrogen-bond acceptors (Lipinski definition) is 4. The third-order valence-electron chi connectivity index (χ3n) is 6.35. The molecule has 2 aromatic rings. The van der Waals surface area contributed by atoms with Crippen LogP contribution in [-0.4, -0.2) is 58.0 Å². The van der Waals surface area contributed by atoms with Gasteiger partial charge in [0.15, 0.2) is 0 Å². The molecular weight excluding hydrogens is 356 g/mol. The Hall–Kier alpha value is -2.41. The van der Waals surface area contributed by atoms with E-state index in [9.17, 15) is 14.4 Å². The van der Waals surface area contributed by atoms with Gasteiger partial charge in [0.1, 0.15) is 6.54 Å². The number of amides is 1. The van der Waals surface area contributed by atoms with Crippen LogP contribution < -0.4 is 11.2 Å². The molecule has 0 radical (unpaired) electrons. The number of aromatic nitrogens is 2. The number of likely N-dealkylation sites (N-methyl/N-ethyl adjacent to an activating group) is 1. The minimum absolute atomic E-state index is 0.198. The van der Waals surface area contributed by atoms with Crippen LogP contribution in [0.25, 0.3) is 10.9 Å². The minimum Gasteiger partial charge on any atom is -0.344 e. The number of piperidine rings is 2. The zero-order valence-electron chi connectivity index (χ0n) is 16.4. The van der Waals surface area contributed by atoms with Gasteiger partial charge >= 0.3 is 5.69 Å². The number of fused-ring (bicyclic) bond motifs is 2. The molecule has 28 heavy (non-hydrogen) atoms. The van der Waals surface area contributed by atoms with Gasteiger partial charge in [-0.05, 0) is 56.8 Å². The first-order valence-electron chi connectivity index (χ1n) is 10.2. The summed E-state index contributed by atoms with van der Waals surface area (Å²) in [6.45, 7) is 2.79. The summed E-state index contributed by atoms with van der Waals surface area (Å²) in [5, 5.41) is 0.419. The van der Waals surface area contributed by atoms with Crippen molar-refractivity contribution in [2.45, 2.75) is 44.7 Å². The van der Waals surface area contributed by atoms with Gasteiger partial charge in [-0.15, -0.1) is 0 Å². The van der Waals surface area contributed by atoms with Crippen LogP contribution in [0.15, 0.2) is 33.9 Å². The molecule has 0 saturated carbocycles. The van der Waals surface area contributed by atoms with Crippen molar-refractivity contribution in [1.82, 2.24) is 19.4 Å². The summed E-state index contributed by atoms with van der Waals surface area (Å²) >= 11 is 0. The Morgan fingerprint density at radius 3 is 2.79 bits per heavy atom. The highest BCUT2D eigenvalue weighted by Crippen LogP contribution is 2.31. The van der Waals surface area contributed by atoms with E-state index >= 15 is 0 Å². The summed E-state index contributed by atoms with van der Waals surface area (Å²) in [6, 6.07) is 7.43.